The Labute approximate surface area is 227 Å². The Morgan fingerprint density at radius 2 is 1.95 bits per heavy atom. The van der Waals surface area contributed by atoms with Crippen LogP contribution in [0.1, 0.15) is 24.1 Å². The molecule has 39 heavy (non-hydrogen) atoms. The number of para-hydroxylation sites is 2. The van der Waals surface area contributed by atoms with E-state index in [0.29, 0.717) is 45.1 Å². The molecule has 0 radical (unpaired) electrons. The number of methoxy groups -OCH3 is 1. The second kappa shape index (κ2) is 11.0. The summed E-state index contributed by atoms with van der Waals surface area (Å²) in [5.74, 6) is 0.533. The SMILES string of the molecule is COc1ccccc1NC(=O)C1=C(C)Nc2nc(SCc3ccc([N+](=O)[O-])cc3)nn2C1c1cccc(F)c1. The second-order valence-corrected chi connectivity index (χ2v) is 9.59. The lowest BCUT2D eigenvalue weighted by atomic mass is 9.95. The minimum Gasteiger partial charge on any atom is -0.495 e. The van der Waals surface area contributed by atoms with Gasteiger partial charge in [-0.2, -0.15) is 4.98 Å². The van der Waals surface area contributed by atoms with Gasteiger partial charge in [0.1, 0.15) is 17.6 Å². The molecule has 1 unspecified atom stereocenters. The summed E-state index contributed by atoms with van der Waals surface area (Å²) in [7, 11) is 1.52. The molecule has 3 aromatic carbocycles. The molecular weight excluding hydrogens is 523 g/mol. The van der Waals surface area contributed by atoms with Crippen LogP contribution in [-0.4, -0.2) is 32.7 Å². The van der Waals surface area contributed by atoms with Crippen LogP contribution in [0.2, 0.25) is 0 Å². The summed E-state index contributed by atoms with van der Waals surface area (Å²) >= 11 is 1.34. The lowest BCUT2D eigenvalue weighted by Crippen LogP contribution is -2.31. The fraction of sp³-hybridized carbons (Fsp3) is 0.148. The molecule has 2 heterocycles. The quantitative estimate of drug-likeness (QED) is 0.167. The number of fused-ring (bicyclic) bond motifs is 1. The molecule has 5 rings (SSSR count). The minimum absolute atomic E-state index is 0.0157. The number of aromatic nitrogens is 3. The maximum absolute atomic E-state index is 14.3. The fourth-order valence-corrected chi connectivity index (χ4v) is 5.06. The van der Waals surface area contributed by atoms with E-state index in [4.69, 9.17) is 4.74 Å². The molecule has 0 saturated carbocycles. The molecule has 198 valence electrons. The molecule has 0 fully saturated rings. The lowest BCUT2D eigenvalue weighted by Gasteiger charge is -2.28. The van der Waals surface area contributed by atoms with Crippen molar-refractivity contribution < 1.29 is 18.8 Å². The number of carbonyl (C=O) groups is 1. The number of carbonyl (C=O) groups excluding carboxylic acids is 1. The third kappa shape index (κ3) is 5.46. The molecule has 0 saturated heterocycles. The van der Waals surface area contributed by atoms with Gasteiger partial charge in [0.15, 0.2) is 0 Å². The molecule has 0 aliphatic carbocycles. The fourth-order valence-electron chi connectivity index (χ4n) is 4.27. The van der Waals surface area contributed by atoms with E-state index < -0.39 is 22.7 Å². The predicted molar refractivity (Wildman–Crippen MR) is 145 cm³/mol. The summed E-state index contributed by atoms with van der Waals surface area (Å²) < 4.78 is 21.3. The molecule has 1 atom stereocenters. The second-order valence-electron chi connectivity index (χ2n) is 8.65. The van der Waals surface area contributed by atoms with E-state index in [1.807, 2.05) is 0 Å². The van der Waals surface area contributed by atoms with Gasteiger partial charge in [-0.15, -0.1) is 5.10 Å². The minimum atomic E-state index is -0.757. The van der Waals surface area contributed by atoms with Crippen LogP contribution in [0.5, 0.6) is 5.75 Å². The first-order valence-corrected chi connectivity index (χ1v) is 12.8. The highest BCUT2D eigenvalue weighted by molar-refractivity contribution is 7.98. The molecule has 2 N–H and O–H groups in total. The first-order chi connectivity index (χ1) is 18.8. The summed E-state index contributed by atoms with van der Waals surface area (Å²) in [6.07, 6.45) is 0. The van der Waals surface area contributed by atoms with Gasteiger partial charge >= 0.3 is 0 Å². The van der Waals surface area contributed by atoms with Crippen molar-refractivity contribution in [2.45, 2.75) is 23.9 Å². The zero-order chi connectivity index (χ0) is 27.5. The number of nitro groups is 1. The van der Waals surface area contributed by atoms with Gasteiger partial charge in [0, 0.05) is 23.6 Å². The number of nitrogens with one attached hydrogen (secondary N) is 2. The van der Waals surface area contributed by atoms with Crippen LogP contribution in [0.25, 0.3) is 0 Å². The topological polar surface area (TPSA) is 124 Å². The molecule has 12 heteroatoms. The van der Waals surface area contributed by atoms with Gasteiger partial charge in [0.05, 0.1) is 23.3 Å². The summed E-state index contributed by atoms with van der Waals surface area (Å²) in [4.78, 5) is 28.7. The van der Waals surface area contributed by atoms with Crippen molar-refractivity contribution >= 4 is 35.0 Å². The number of nitrogens with zero attached hydrogens (tertiary/aromatic N) is 4. The number of amides is 1. The highest BCUT2D eigenvalue weighted by Crippen LogP contribution is 2.38. The third-order valence-electron chi connectivity index (χ3n) is 6.11. The van der Waals surface area contributed by atoms with Crippen LogP contribution in [0.3, 0.4) is 0 Å². The Morgan fingerprint density at radius 1 is 1.18 bits per heavy atom. The number of anilines is 2. The number of halogens is 1. The maximum atomic E-state index is 14.3. The van der Waals surface area contributed by atoms with Crippen molar-refractivity contribution in [3.8, 4) is 5.75 Å². The zero-order valence-electron chi connectivity index (χ0n) is 20.9. The number of allylic oxidation sites excluding steroid dienone is 1. The van der Waals surface area contributed by atoms with Gasteiger partial charge in [-0.3, -0.25) is 14.9 Å². The van der Waals surface area contributed by atoms with E-state index in [-0.39, 0.29) is 5.69 Å². The van der Waals surface area contributed by atoms with Crippen LogP contribution in [0.15, 0.2) is 89.2 Å². The van der Waals surface area contributed by atoms with Crippen LogP contribution in [0, 0.1) is 15.9 Å². The number of rotatable bonds is 8. The smallest absolute Gasteiger partial charge is 0.269 e. The largest absolute Gasteiger partial charge is 0.495 e. The van der Waals surface area contributed by atoms with Crippen molar-refractivity contribution in [3.63, 3.8) is 0 Å². The van der Waals surface area contributed by atoms with Gasteiger partial charge in [-0.05, 0) is 42.3 Å². The van der Waals surface area contributed by atoms with Gasteiger partial charge < -0.3 is 15.4 Å². The highest BCUT2D eigenvalue weighted by Gasteiger charge is 2.35. The van der Waals surface area contributed by atoms with Crippen molar-refractivity contribution in [1.82, 2.24) is 14.8 Å². The molecule has 0 bridgehead atoms. The van der Waals surface area contributed by atoms with E-state index in [0.717, 1.165) is 5.56 Å². The maximum Gasteiger partial charge on any atom is 0.269 e. The van der Waals surface area contributed by atoms with Gasteiger partial charge in [0.25, 0.3) is 11.6 Å². The van der Waals surface area contributed by atoms with E-state index in [9.17, 15) is 19.3 Å². The summed E-state index contributed by atoms with van der Waals surface area (Å²) in [6, 6.07) is 18.6. The summed E-state index contributed by atoms with van der Waals surface area (Å²) in [5, 5.41) is 22.0. The Bertz CT molecular complexity index is 1590. The number of non-ortho nitro benzene ring substituents is 1. The van der Waals surface area contributed by atoms with E-state index in [1.54, 1.807) is 60.1 Å². The van der Waals surface area contributed by atoms with Gasteiger partial charge in [-0.1, -0.05) is 48.2 Å². The normalized spacial score (nSPS) is 14.4. The first kappa shape index (κ1) is 25.9. The van der Waals surface area contributed by atoms with Crippen LogP contribution in [-0.2, 0) is 10.5 Å². The molecular formula is C27H23FN6O4S. The Kier molecular flexibility index (Phi) is 7.28. The number of hydrogen-bond acceptors (Lipinski definition) is 8. The Hall–Kier alpha value is -4.71. The number of nitro benzene ring substituents is 1. The summed E-state index contributed by atoms with van der Waals surface area (Å²) in [5.41, 5.74) is 2.78. The van der Waals surface area contributed by atoms with Crippen molar-refractivity contribution in [2.75, 3.05) is 17.7 Å². The Morgan fingerprint density at radius 3 is 2.67 bits per heavy atom. The monoisotopic (exact) mass is 546 g/mol. The van der Waals surface area contributed by atoms with Gasteiger partial charge in [0.2, 0.25) is 11.1 Å². The molecule has 10 nitrogen and oxygen atoms in total. The number of hydrogen-bond donors (Lipinski definition) is 2. The lowest BCUT2D eigenvalue weighted by molar-refractivity contribution is -0.384. The summed E-state index contributed by atoms with van der Waals surface area (Å²) in [6.45, 7) is 1.76. The predicted octanol–water partition coefficient (Wildman–Crippen LogP) is 5.55. The average molecular weight is 547 g/mol. The molecule has 1 aliphatic heterocycles. The molecule has 1 aliphatic rings. The highest BCUT2D eigenvalue weighted by atomic mass is 32.2. The van der Waals surface area contributed by atoms with Crippen molar-refractivity contribution in [2.24, 2.45) is 0 Å². The zero-order valence-corrected chi connectivity index (χ0v) is 21.7. The third-order valence-corrected chi connectivity index (χ3v) is 7.02. The van der Waals surface area contributed by atoms with E-state index in [1.165, 1.54) is 43.1 Å². The van der Waals surface area contributed by atoms with E-state index in [2.05, 4.69) is 20.7 Å². The van der Waals surface area contributed by atoms with Crippen LogP contribution >= 0.6 is 11.8 Å². The number of benzene rings is 3. The Balaban J connectivity index is 1.46. The first-order valence-electron chi connectivity index (χ1n) is 11.8. The number of ether oxygens (including phenoxy) is 1. The van der Waals surface area contributed by atoms with Crippen LogP contribution in [0.4, 0.5) is 21.7 Å². The average Bonchev–Trinajstić information content (AvgIpc) is 3.33. The van der Waals surface area contributed by atoms with Crippen LogP contribution < -0.4 is 15.4 Å². The molecule has 1 amide bonds. The van der Waals surface area contributed by atoms with Gasteiger partial charge in [-0.25, -0.2) is 9.07 Å². The van der Waals surface area contributed by atoms with Crippen molar-refractivity contribution in [1.29, 1.82) is 0 Å². The van der Waals surface area contributed by atoms with E-state index >= 15 is 0 Å². The van der Waals surface area contributed by atoms with Crippen molar-refractivity contribution in [3.05, 3.63) is 111 Å². The molecule has 0 spiro atoms. The standard InChI is InChI=1S/C27H23FN6O4S/c1-16-23(25(35)30-21-8-3-4-9-22(21)38-2)24(18-6-5-7-19(28)14-18)33-26(29-16)31-27(32-33)39-15-17-10-12-20(13-11-17)34(36)37/h3-14,24H,15H2,1-2H3,(H,30,35)(H,29,31,32). The number of thioether (sulfide) groups is 1. The molecule has 1 aromatic heterocycles. The molecule has 4 aromatic rings.